The first-order valence-electron chi connectivity index (χ1n) is 4.46. The molecule has 1 aromatic carbocycles. The van der Waals surface area contributed by atoms with E-state index < -0.39 is 11.6 Å². The van der Waals surface area contributed by atoms with Gasteiger partial charge in [-0.2, -0.15) is 0 Å². The summed E-state index contributed by atoms with van der Waals surface area (Å²) >= 11 is 0. The summed E-state index contributed by atoms with van der Waals surface area (Å²) in [4.78, 5) is 0. The molecule has 1 unspecified atom stereocenters. The van der Waals surface area contributed by atoms with Gasteiger partial charge in [0.05, 0.1) is 0 Å². The minimum atomic E-state index is -0.549. The van der Waals surface area contributed by atoms with Crippen LogP contribution in [0.15, 0.2) is 12.1 Å². The number of hydrogen-bond acceptors (Lipinski definition) is 2. The van der Waals surface area contributed by atoms with Crippen LogP contribution in [0.2, 0.25) is 0 Å². The van der Waals surface area contributed by atoms with Gasteiger partial charge in [0.1, 0.15) is 11.6 Å². The number of hydrogen-bond donors (Lipinski definition) is 2. The van der Waals surface area contributed by atoms with Crippen LogP contribution in [0.4, 0.5) is 14.5 Å². The van der Waals surface area contributed by atoms with Crippen LogP contribution in [0.3, 0.4) is 0 Å². The Bertz CT molecular complexity index is 301. The van der Waals surface area contributed by atoms with Gasteiger partial charge in [-0.25, -0.2) is 8.78 Å². The van der Waals surface area contributed by atoms with Crippen LogP contribution in [0, 0.1) is 11.6 Å². The predicted molar refractivity (Wildman–Crippen MR) is 53.3 cm³/mol. The molecule has 0 bridgehead atoms. The molecule has 0 saturated carbocycles. The lowest BCUT2D eigenvalue weighted by atomic mass is 10.1. The van der Waals surface area contributed by atoms with Crippen molar-refractivity contribution in [3.05, 3.63) is 29.3 Å². The molecular weight excluding hydrogens is 186 g/mol. The van der Waals surface area contributed by atoms with E-state index in [0.717, 1.165) is 0 Å². The first-order valence-corrected chi connectivity index (χ1v) is 4.46. The SMILES string of the molecule is CNc1cc(F)c(CC(C)N)c(F)c1. The van der Waals surface area contributed by atoms with Crippen molar-refractivity contribution in [2.75, 3.05) is 12.4 Å². The van der Waals surface area contributed by atoms with Gasteiger partial charge >= 0.3 is 0 Å². The highest BCUT2D eigenvalue weighted by atomic mass is 19.1. The lowest BCUT2D eigenvalue weighted by molar-refractivity contribution is 0.543. The molecule has 2 nitrogen and oxygen atoms in total. The van der Waals surface area contributed by atoms with Crippen molar-refractivity contribution in [2.45, 2.75) is 19.4 Å². The van der Waals surface area contributed by atoms with E-state index in [1.54, 1.807) is 14.0 Å². The van der Waals surface area contributed by atoms with Gasteiger partial charge in [0, 0.05) is 24.3 Å². The van der Waals surface area contributed by atoms with Crippen LogP contribution in [0.1, 0.15) is 12.5 Å². The van der Waals surface area contributed by atoms with Crippen LogP contribution in [-0.2, 0) is 6.42 Å². The average molecular weight is 200 g/mol. The Hall–Kier alpha value is -1.16. The van der Waals surface area contributed by atoms with E-state index in [1.165, 1.54) is 12.1 Å². The van der Waals surface area contributed by atoms with Gasteiger partial charge in [0.2, 0.25) is 0 Å². The van der Waals surface area contributed by atoms with E-state index in [0.29, 0.717) is 5.69 Å². The number of rotatable bonds is 3. The number of halogens is 2. The van der Waals surface area contributed by atoms with Gasteiger partial charge < -0.3 is 11.1 Å². The first-order chi connectivity index (χ1) is 6.54. The van der Waals surface area contributed by atoms with E-state index in [-0.39, 0.29) is 18.0 Å². The van der Waals surface area contributed by atoms with Crippen molar-refractivity contribution < 1.29 is 8.78 Å². The summed E-state index contributed by atoms with van der Waals surface area (Å²) in [5.41, 5.74) is 5.96. The second-order valence-corrected chi connectivity index (χ2v) is 3.35. The average Bonchev–Trinajstić information content (AvgIpc) is 2.10. The monoisotopic (exact) mass is 200 g/mol. The van der Waals surface area contributed by atoms with Crippen LogP contribution in [0.5, 0.6) is 0 Å². The summed E-state index contributed by atoms with van der Waals surface area (Å²) in [5.74, 6) is -1.10. The Balaban J connectivity index is 3.05. The largest absolute Gasteiger partial charge is 0.388 e. The normalized spacial score (nSPS) is 12.6. The minimum absolute atomic E-state index is 0.0546. The molecule has 0 aliphatic rings. The van der Waals surface area contributed by atoms with Gasteiger partial charge in [-0.05, 0) is 25.5 Å². The summed E-state index contributed by atoms with van der Waals surface area (Å²) in [6.45, 7) is 1.71. The lowest BCUT2D eigenvalue weighted by Gasteiger charge is -2.09. The zero-order chi connectivity index (χ0) is 10.7. The molecule has 0 aliphatic carbocycles. The second kappa shape index (κ2) is 4.37. The molecule has 0 heterocycles. The molecule has 14 heavy (non-hydrogen) atoms. The Morgan fingerprint density at radius 2 is 1.86 bits per heavy atom. The molecule has 3 N–H and O–H groups in total. The highest BCUT2D eigenvalue weighted by Gasteiger charge is 2.12. The van der Waals surface area contributed by atoms with Crippen LogP contribution in [0.25, 0.3) is 0 Å². The highest BCUT2D eigenvalue weighted by molar-refractivity contribution is 5.45. The smallest absolute Gasteiger partial charge is 0.131 e. The summed E-state index contributed by atoms with van der Waals surface area (Å²) in [5, 5.41) is 2.68. The van der Waals surface area contributed by atoms with Crippen LogP contribution >= 0.6 is 0 Å². The van der Waals surface area contributed by atoms with E-state index in [4.69, 9.17) is 5.73 Å². The van der Waals surface area contributed by atoms with E-state index in [1.807, 2.05) is 0 Å². The van der Waals surface area contributed by atoms with E-state index >= 15 is 0 Å². The fourth-order valence-corrected chi connectivity index (χ4v) is 1.26. The third-order valence-electron chi connectivity index (χ3n) is 1.96. The number of benzene rings is 1. The maximum absolute atomic E-state index is 13.3. The van der Waals surface area contributed by atoms with Crippen molar-refractivity contribution in [1.29, 1.82) is 0 Å². The fraction of sp³-hybridized carbons (Fsp3) is 0.400. The third kappa shape index (κ3) is 2.42. The van der Waals surface area contributed by atoms with E-state index in [9.17, 15) is 8.78 Å². The quantitative estimate of drug-likeness (QED) is 0.782. The highest BCUT2D eigenvalue weighted by Crippen LogP contribution is 2.19. The van der Waals surface area contributed by atoms with Crippen molar-refractivity contribution in [3.63, 3.8) is 0 Å². The third-order valence-corrected chi connectivity index (χ3v) is 1.96. The zero-order valence-corrected chi connectivity index (χ0v) is 8.27. The summed E-state index contributed by atoms with van der Waals surface area (Å²) in [7, 11) is 1.61. The molecule has 0 saturated heterocycles. The van der Waals surface area contributed by atoms with Crippen molar-refractivity contribution in [1.82, 2.24) is 0 Å². The summed E-state index contributed by atoms with van der Waals surface area (Å²) in [6, 6.07) is 2.28. The van der Waals surface area contributed by atoms with Gasteiger partial charge in [-0.15, -0.1) is 0 Å². The van der Waals surface area contributed by atoms with Crippen molar-refractivity contribution >= 4 is 5.69 Å². The molecule has 0 spiro atoms. The Morgan fingerprint density at radius 1 is 1.36 bits per heavy atom. The molecule has 1 aromatic rings. The fourth-order valence-electron chi connectivity index (χ4n) is 1.26. The molecule has 4 heteroatoms. The molecule has 0 amide bonds. The second-order valence-electron chi connectivity index (χ2n) is 3.35. The molecule has 0 aromatic heterocycles. The van der Waals surface area contributed by atoms with Gasteiger partial charge in [-0.1, -0.05) is 0 Å². The van der Waals surface area contributed by atoms with Crippen LogP contribution in [-0.4, -0.2) is 13.1 Å². The molecule has 1 rings (SSSR count). The number of nitrogens with two attached hydrogens (primary N) is 1. The maximum atomic E-state index is 13.3. The molecule has 78 valence electrons. The first kappa shape index (κ1) is 10.9. The van der Waals surface area contributed by atoms with Crippen LogP contribution < -0.4 is 11.1 Å². The van der Waals surface area contributed by atoms with Crippen molar-refractivity contribution in [2.24, 2.45) is 5.73 Å². The molecular formula is C10H14F2N2. The summed E-state index contributed by atoms with van der Waals surface area (Å²) in [6.07, 6.45) is 0.210. The molecule has 0 aliphatic heterocycles. The van der Waals surface area contributed by atoms with Gasteiger partial charge in [0.15, 0.2) is 0 Å². The zero-order valence-electron chi connectivity index (χ0n) is 8.27. The molecule has 0 radical (unpaired) electrons. The standard InChI is InChI=1S/C10H14F2N2/c1-6(13)3-8-9(11)4-7(14-2)5-10(8)12/h4-6,14H,3,13H2,1-2H3. The topological polar surface area (TPSA) is 38.0 Å². The maximum Gasteiger partial charge on any atom is 0.131 e. The summed E-state index contributed by atoms with van der Waals surface area (Å²) < 4.78 is 26.6. The minimum Gasteiger partial charge on any atom is -0.388 e. The Morgan fingerprint density at radius 3 is 2.21 bits per heavy atom. The molecule has 0 fully saturated rings. The number of anilines is 1. The van der Waals surface area contributed by atoms with E-state index in [2.05, 4.69) is 5.32 Å². The van der Waals surface area contributed by atoms with Crippen molar-refractivity contribution in [3.8, 4) is 0 Å². The molecule has 1 atom stereocenters. The van der Waals surface area contributed by atoms with Gasteiger partial charge in [0.25, 0.3) is 0 Å². The number of nitrogens with one attached hydrogen (secondary N) is 1. The van der Waals surface area contributed by atoms with Gasteiger partial charge in [-0.3, -0.25) is 0 Å². The Labute approximate surface area is 82.1 Å². The predicted octanol–water partition coefficient (Wildman–Crippen LogP) is 1.90. The Kier molecular flexibility index (Phi) is 3.41. The lowest BCUT2D eigenvalue weighted by Crippen LogP contribution is -2.19.